The van der Waals surface area contributed by atoms with Crippen LogP contribution in [0.3, 0.4) is 0 Å². The molecule has 0 bridgehead atoms. The first-order valence-electron chi connectivity index (χ1n) is 13.0. The van der Waals surface area contributed by atoms with Crippen LogP contribution in [0.25, 0.3) is 0 Å². The zero-order valence-electron chi connectivity index (χ0n) is 22.4. The van der Waals surface area contributed by atoms with Crippen molar-refractivity contribution in [3.63, 3.8) is 0 Å². The third-order valence-electron chi connectivity index (χ3n) is 6.38. The molecule has 0 aromatic heterocycles. The molecular formula is C31H37ClN2O4. The predicted octanol–water partition coefficient (Wildman–Crippen LogP) is 6.06. The largest absolute Gasteiger partial charge is 0.497 e. The SMILES string of the molecule is CC[C@H](C)NC(=O)[C@@H](Cc1ccccc1)N(Cc1cccc(Cl)c1)C(=O)CCCOc1ccc(OC)cc1. The quantitative estimate of drug-likeness (QED) is 0.254. The number of nitrogens with one attached hydrogen (secondary N) is 1. The van der Waals surface area contributed by atoms with Crippen molar-refractivity contribution in [2.24, 2.45) is 0 Å². The minimum Gasteiger partial charge on any atom is -0.497 e. The number of hydrogen-bond donors (Lipinski definition) is 1. The summed E-state index contributed by atoms with van der Waals surface area (Å²) in [7, 11) is 1.62. The van der Waals surface area contributed by atoms with Crippen LogP contribution in [0, 0.1) is 0 Å². The van der Waals surface area contributed by atoms with E-state index in [1.807, 2.05) is 86.6 Å². The van der Waals surface area contributed by atoms with E-state index in [0.717, 1.165) is 23.3 Å². The van der Waals surface area contributed by atoms with Gasteiger partial charge in [-0.2, -0.15) is 0 Å². The lowest BCUT2D eigenvalue weighted by Crippen LogP contribution is -2.52. The second kappa shape index (κ2) is 15.0. The first kappa shape index (κ1) is 29.1. The topological polar surface area (TPSA) is 67.9 Å². The van der Waals surface area contributed by atoms with Crippen LogP contribution in [-0.4, -0.2) is 42.5 Å². The summed E-state index contributed by atoms with van der Waals surface area (Å²) in [5, 5.41) is 3.68. The summed E-state index contributed by atoms with van der Waals surface area (Å²) < 4.78 is 11.0. The Kier molecular flexibility index (Phi) is 11.5. The van der Waals surface area contributed by atoms with Crippen molar-refractivity contribution in [2.45, 2.75) is 58.2 Å². The standard InChI is InChI=1S/C31H37ClN2O4/c1-4-23(2)33-31(36)29(21-24-10-6-5-7-11-24)34(22-25-12-8-13-26(32)20-25)30(35)14-9-19-38-28-17-15-27(37-3)16-18-28/h5-8,10-13,15-18,20,23,29H,4,9,14,19,21-22H2,1-3H3,(H,33,36)/t23-,29+/m0/s1. The zero-order valence-corrected chi connectivity index (χ0v) is 23.1. The Bertz CT molecular complexity index is 1150. The number of methoxy groups -OCH3 is 1. The number of amides is 2. The molecule has 1 N–H and O–H groups in total. The molecule has 6 nitrogen and oxygen atoms in total. The number of rotatable bonds is 14. The van der Waals surface area contributed by atoms with E-state index in [1.54, 1.807) is 18.1 Å². The molecular weight excluding hydrogens is 500 g/mol. The predicted molar refractivity (Wildman–Crippen MR) is 152 cm³/mol. The molecule has 0 spiro atoms. The fourth-order valence-electron chi connectivity index (χ4n) is 4.06. The van der Waals surface area contributed by atoms with Crippen molar-refractivity contribution >= 4 is 23.4 Å². The molecule has 3 aromatic carbocycles. The molecule has 7 heteroatoms. The van der Waals surface area contributed by atoms with Crippen molar-refractivity contribution in [3.05, 3.63) is 95.0 Å². The maximum absolute atomic E-state index is 13.7. The van der Waals surface area contributed by atoms with Gasteiger partial charge in [-0.25, -0.2) is 0 Å². The van der Waals surface area contributed by atoms with Crippen molar-refractivity contribution in [1.82, 2.24) is 10.2 Å². The van der Waals surface area contributed by atoms with Crippen LogP contribution in [0.4, 0.5) is 0 Å². The van der Waals surface area contributed by atoms with Gasteiger partial charge in [-0.1, -0.05) is 61.0 Å². The van der Waals surface area contributed by atoms with Gasteiger partial charge in [0.15, 0.2) is 0 Å². The maximum Gasteiger partial charge on any atom is 0.243 e. The van der Waals surface area contributed by atoms with Crippen molar-refractivity contribution < 1.29 is 19.1 Å². The molecule has 2 amide bonds. The van der Waals surface area contributed by atoms with Gasteiger partial charge in [0.1, 0.15) is 17.5 Å². The number of halogens is 1. The fourth-order valence-corrected chi connectivity index (χ4v) is 4.27. The number of nitrogens with zero attached hydrogens (tertiary/aromatic N) is 1. The van der Waals surface area contributed by atoms with Crippen LogP contribution in [-0.2, 0) is 22.6 Å². The molecule has 0 saturated carbocycles. The molecule has 0 saturated heterocycles. The van der Waals surface area contributed by atoms with Gasteiger partial charge in [0.25, 0.3) is 0 Å². The van der Waals surface area contributed by atoms with Crippen LogP contribution in [0.1, 0.15) is 44.2 Å². The highest BCUT2D eigenvalue weighted by atomic mass is 35.5. The fraction of sp³-hybridized carbons (Fsp3) is 0.355. The van der Waals surface area contributed by atoms with Crippen LogP contribution in [0.5, 0.6) is 11.5 Å². The van der Waals surface area contributed by atoms with Crippen molar-refractivity contribution in [1.29, 1.82) is 0 Å². The highest BCUT2D eigenvalue weighted by Gasteiger charge is 2.30. The Balaban J connectivity index is 1.78. The molecule has 0 aliphatic carbocycles. The summed E-state index contributed by atoms with van der Waals surface area (Å²) in [6.07, 6.45) is 1.98. The monoisotopic (exact) mass is 536 g/mol. The third-order valence-corrected chi connectivity index (χ3v) is 6.61. The van der Waals surface area contributed by atoms with Crippen LogP contribution in [0.2, 0.25) is 5.02 Å². The second-order valence-electron chi connectivity index (χ2n) is 9.30. The molecule has 0 unspecified atom stereocenters. The normalized spacial score (nSPS) is 12.3. The smallest absolute Gasteiger partial charge is 0.243 e. The average Bonchev–Trinajstić information content (AvgIpc) is 2.93. The molecule has 0 aliphatic heterocycles. The van der Waals surface area contributed by atoms with E-state index >= 15 is 0 Å². The Labute approximate surface area is 230 Å². The van der Waals surface area contributed by atoms with E-state index in [0.29, 0.717) is 30.2 Å². The van der Waals surface area contributed by atoms with E-state index in [1.165, 1.54) is 0 Å². The summed E-state index contributed by atoms with van der Waals surface area (Å²) in [4.78, 5) is 28.9. The second-order valence-corrected chi connectivity index (χ2v) is 9.74. The molecule has 38 heavy (non-hydrogen) atoms. The molecule has 3 rings (SSSR count). The highest BCUT2D eigenvalue weighted by molar-refractivity contribution is 6.30. The molecule has 3 aromatic rings. The minimum atomic E-state index is -0.666. The van der Waals surface area contributed by atoms with E-state index in [-0.39, 0.29) is 30.8 Å². The molecule has 0 fully saturated rings. The highest BCUT2D eigenvalue weighted by Crippen LogP contribution is 2.20. The van der Waals surface area contributed by atoms with E-state index in [9.17, 15) is 9.59 Å². The summed E-state index contributed by atoms with van der Waals surface area (Å²) in [5.41, 5.74) is 1.86. The maximum atomic E-state index is 13.7. The van der Waals surface area contributed by atoms with Crippen LogP contribution >= 0.6 is 11.6 Å². The van der Waals surface area contributed by atoms with Gasteiger partial charge in [0.05, 0.1) is 13.7 Å². The summed E-state index contributed by atoms with van der Waals surface area (Å²) in [5.74, 6) is 1.20. The van der Waals surface area contributed by atoms with Gasteiger partial charge < -0.3 is 19.7 Å². The van der Waals surface area contributed by atoms with Crippen molar-refractivity contribution in [2.75, 3.05) is 13.7 Å². The summed E-state index contributed by atoms with van der Waals surface area (Å²) >= 11 is 6.24. The summed E-state index contributed by atoms with van der Waals surface area (Å²) in [6, 6.07) is 23.9. The zero-order chi connectivity index (χ0) is 27.3. The Morgan fingerprint density at radius 3 is 2.29 bits per heavy atom. The Morgan fingerprint density at radius 1 is 0.947 bits per heavy atom. The molecule has 0 aliphatic rings. The third kappa shape index (κ3) is 9.10. The van der Waals surface area contributed by atoms with Crippen LogP contribution in [0.15, 0.2) is 78.9 Å². The molecule has 2 atom stereocenters. The Morgan fingerprint density at radius 2 is 1.63 bits per heavy atom. The lowest BCUT2D eigenvalue weighted by atomic mass is 10.0. The van der Waals surface area contributed by atoms with E-state index in [4.69, 9.17) is 21.1 Å². The Hall–Kier alpha value is -3.51. The van der Waals surface area contributed by atoms with Gasteiger partial charge >= 0.3 is 0 Å². The number of benzene rings is 3. The lowest BCUT2D eigenvalue weighted by Gasteiger charge is -2.32. The average molecular weight is 537 g/mol. The van der Waals surface area contributed by atoms with Gasteiger partial charge in [0, 0.05) is 30.5 Å². The van der Waals surface area contributed by atoms with E-state index < -0.39 is 6.04 Å². The minimum absolute atomic E-state index is 0.00166. The van der Waals surface area contributed by atoms with Gasteiger partial charge in [-0.05, 0) is 67.3 Å². The number of carbonyl (C=O) groups excluding carboxylic acids is 2. The molecule has 202 valence electrons. The summed E-state index contributed by atoms with van der Waals surface area (Å²) in [6.45, 7) is 4.65. The molecule has 0 heterocycles. The van der Waals surface area contributed by atoms with Gasteiger partial charge in [-0.3, -0.25) is 9.59 Å². The first-order valence-corrected chi connectivity index (χ1v) is 13.4. The molecule has 0 radical (unpaired) electrons. The van der Waals surface area contributed by atoms with Crippen LogP contribution < -0.4 is 14.8 Å². The lowest BCUT2D eigenvalue weighted by molar-refractivity contribution is -0.141. The number of ether oxygens (including phenoxy) is 2. The van der Waals surface area contributed by atoms with E-state index in [2.05, 4.69) is 5.32 Å². The van der Waals surface area contributed by atoms with Crippen molar-refractivity contribution in [3.8, 4) is 11.5 Å². The first-order chi connectivity index (χ1) is 18.4. The van der Waals surface area contributed by atoms with Gasteiger partial charge in [0.2, 0.25) is 11.8 Å². The number of hydrogen-bond acceptors (Lipinski definition) is 4. The number of carbonyl (C=O) groups is 2. The van der Waals surface area contributed by atoms with Gasteiger partial charge in [-0.15, -0.1) is 0 Å².